The molecule has 0 fully saturated rings. The van der Waals surface area contributed by atoms with Crippen molar-refractivity contribution in [2.24, 2.45) is 16.0 Å². The number of primary amides is 1. The van der Waals surface area contributed by atoms with Gasteiger partial charge in [-0.15, -0.1) is 10.2 Å². The summed E-state index contributed by atoms with van der Waals surface area (Å²) in [6.45, 7) is 1.06. The lowest BCUT2D eigenvalue weighted by molar-refractivity contribution is 0.0995. The number of aromatic nitrogens is 1. The Morgan fingerprint density at radius 2 is 1.62 bits per heavy atom. The molecule has 3 rings (SSSR count). The molecule has 1 aromatic heterocycles. The van der Waals surface area contributed by atoms with Crippen molar-refractivity contribution < 1.29 is 35.8 Å². The van der Waals surface area contributed by atoms with Gasteiger partial charge in [-0.3, -0.25) is 23.3 Å². The maximum absolute atomic E-state index is 13.2. The summed E-state index contributed by atoms with van der Waals surface area (Å²) < 4.78 is 65.0. The number of aromatic hydroxyl groups is 1. The molecule has 37 heavy (non-hydrogen) atoms. The second kappa shape index (κ2) is 10.1. The van der Waals surface area contributed by atoms with Gasteiger partial charge in [0.05, 0.1) is 4.90 Å². The van der Waals surface area contributed by atoms with E-state index >= 15 is 0 Å². The molecule has 1 amide bonds. The first-order valence-corrected chi connectivity index (χ1v) is 13.1. The van der Waals surface area contributed by atoms with Crippen molar-refractivity contribution in [3.63, 3.8) is 0 Å². The van der Waals surface area contributed by atoms with Crippen molar-refractivity contribution in [1.82, 2.24) is 4.57 Å². The van der Waals surface area contributed by atoms with Crippen LogP contribution in [0, 0.1) is 6.92 Å². The number of rotatable bonds is 8. The van der Waals surface area contributed by atoms with E-state index in [1.54, 1.807) is 0 Å². The molecule has 0 aliphatic carbocycles. The molecule has 1 heterocycles. The Labute approximate surface area is 210 Å². The number of azo groups is 1. The summed E-state index contributed by atoms with van der Waals surface area (Å²) in [5.41, 5.74) is 9.32. The van der Waals surface area contributed by atoms with E-state index in [-0.39, 0.29) is 34.8 Å². The third kappa shape index (κ3) is 6.00. The minimum absolute atomic E-state index is 0.0686. The minimum Gasteiger partial charge on any atom is -0.494 e. The monoisotopic (exact) mass is 551 g/mol. The van der Waals surface area contributed by atoms with Crippen LogP contribution in [0.25, 0.3) is 0 Å². The number of nitrogens with zero attached hydrogens (tertiary/aromatic N) is 3. The summed E-state index contributed by atoms with van der Waals surface area (Å²) in [5.74, 6) is -1.83. The van der Waals surface area contributed by atoms with Gasteiger partial charge in [0.25, 0.3) is 31.7 Å². The number of carbonyl (C=O) groups excluding carboxylic acids is 1. The molecule has 0 unspecified atom stereocenters. The molecule has 16 heteroatoms. The van der Waals surface area contributed by atoms with Crippen LogP contribution in [0.3, 0.4) is 0 Å². The smallest absolute Gasteiger partial charge is 0.296 e. The Balaban J connectivity index is 2.09. The number of hydrogen-bond acceptors (Lipinski definition) is 10. The van der Waals surface area contributed by atoms with Crippen LogP contribution in [0.4, 0.5) is 17.1 Å². The number of anilines is 1. The lowest BCUT2D eigenvalue weighted by Crippen LogP contribution is -2.26. The molecule has 0 bridgehead atoms. The number of carbonyl (C=O) groups is 1. The average Bonchev–Trinajstić information content (AvgIpc) is 2.77. The van der Waals surface area contributed by atoms with Gasteiger partial charge >= 0.3 is 0 Å². The van der Waals surface area contributed by atoms with Gasteiger partial charge in [-0.1, -0.05) is 12.1 Å². The zero-order valence-electron chi connectivity index (χ0n) is 19.1. The fourth-order valence-electron chi connectivity index (χ4n) is 3.43. The predicted octanol–water partition coefficient (Wildman–Crippen LogP) is 1.69. The number of amides is 1. The van der Waals surface area contributed by atoms with Crippen molar-refractivity contribution in [3.8, 4) is 5.88 Å². The minimum atomic E-state index is -4.72. The van der Waals surface area contributed by atoms with Crippen LogP contribution in [-0.2, 0) is 33.2 Å². The molecule has 0 saturated carbocycles. The first kappa shape index (κ1) is 27.5. The highest BCUT2D eigenvalue weighted by Crippen LogP contribution is 2.31. The summed E-state index contributed by atoms with van der Waals surface area (Å²) >= 11 is 0. The first-order valence-electron chi connectivity index (χ1n) is 10.2. The molecular formula is C21H21N5O9S2. The summed E-state index contributed by atoms with van der Waals surface area (Å²) in [4.78, 5) is 24.2. The second-order valence-corrected chi connectivity index (χ2v) is 10.6. The fraction of sp³-hybridized carbons (Fsp3) is 0.143. The SMILES string of the molecule is Cc1c(C(N)=O)c(O)n(CCc2ccc(S(=O)(=O)O)cc2)c(=O)c1N=Nc1cc(N)ccc1S(=O)(=O)O. The summed E-state index contributed by atoms with van der Waals surface area (Å²) in [6.07, 6.45) is 0.0686. The maximum atomic E-state index is 13.2. The molecule has 2 aromatic carbocycles. The Kier molecular flexibility index (Phi) is 7.49. The molecule has 0 aliphatic heterocycles. The van der Waals surface area contributed by atoms with E-state index < -0.39 is 53.7 Å². The van der Waals surface area contributed by atoms with E-state index in [1.165, 1.54) is 25.1 Å². The molecule has 196 valence electrons. The second-order valence-electron chi connectivity index (χ2n) is 7.76. The zero-order valence-corrected chi connectivity index (χ0v) is 20.7. The van der Waals surface area contributed by atoms with Gasteiger partial charge in [-0.2, -0.15) is 16.8 Å². The topological polar surface area (TPSA) is 245 Å². The van der Waals surface area contributed by atoms with Crippen LogP contribution in [0.15, 0.2) is 67.3 Å². The molecule has 0 spiro atoms. The first-order chi connectivity index (χ1) is 17.1. The van der Waals surface area contributed by atoms with E-state index in [0.717, 1.165) is 28.8 Å². The number of pyridine rings is 1. The Hall–Kier alpha value is -4.12. The van der Waals surface area contributed by atoms with Crippen LogP contribution in [0.1, 0.15) is 21.5 Å². The third-order valence-electron chi connectivity index (χ3n) is 5.27. The van der Waals surface area contributed by atoms with Crippen LogP contribution < -0.4 is 17.0 Å². The quantitative estimate of drug-likeness (QED) is 0.154. The third-order valence-corrected chi connectivity index (χ3v) is 7.04. The molecule has 3 aromatic rings. The van der Waals surface area contributed by atoms with Crippen LogP contribution in [0.5, 0.6) is 5.88 Å². The predicted molar refractivity (Wildman–Crippen MR) is 130 cm³/mol. The summed E-state index contributed by atoms with van der Waals surface area (Å²) in [5, 5.41) is 18.1. The van der Waals surface area contributed by atoms with E-state index in [9.17, 15) is 36.1 Å². The van der Waals surface area contributed by atoms with Gasteiger partial charge in [-0.25, -0.2) is 0 Å². The van der Waals surface area contributed by atoms with E-state index in [0.29, 0.717) is 5.56 Å². The molecule has 0 radical (unpaired) electrons. The van der Waals surface area contributed by atoms with Gasteiger partial charge in [0.2, 0.25) is 5.88 Å². The van der Waals surface area contributed by atoms with Crippen molar-refractivity contribution in [1.29, 1.82) is 0 Å². The number of benzene rings is 2. The van der Waals surface area contributed by atoms with Gasteiger partial charge in [-0.05, 0) is 49.2 Å². The van der Waals surface area contributed by atoms with Gasteiger partial charge in [0.1, 0.15) is 16.1 Å². The summed E-state index contributed by atoms with van der Waals surface area (Å²) in [7, 11) is -9.12. The highest BCUT2D eigenvalue weighted by atomic mass is 32.2. The van der Waals surface area contributed by atoms with Crippen LogP contribution in [-0.4, -0.2) is 41.5 Å². The van der Waals surface area contributed by atoms with Gasteiger partial charge in [0.15, 0.2) is 5.69 Å². The van der Waals surface area contributed by atoms with Crippen LogP contribution in [0.2, 0.25) is 0 Å². The standard InChI is InChI=1S/C21H21N5O9S2/c1-11-17(19(23)27)20(28)26(9-8-12-2-5-14(6-3-12)36(30,31)32)21(29)18(11)25-24-15-10-13(22)4-7-16(15)37(33,34)35/h2-7,10,28H,8-9,22H2,1H3,(H2,23,27)(H,30,31,32)(H,33,34,35). The van der Waals surface area contributed by atoms with Crippen molar-refractivity contribution >= 4 is 43.2 Å². The Morgan fingerprint density at radius 3 is 2.16 bits per heavy atom. The fourth-order valence-corrected chi connectivity index (χ4v) is 4.51. The number of nitrogen functional groups attached to an aromatic ring is 1. The molecule has 0 saturated heterocycles. The van der Waals surface area contributed by atoms with Gasteiger partial charge in [0, 0.05) is 17.8 Å². The molecule has 0 aliphatic rings. The van der Waals surface area contributed by atoms with Crippen molar-refractivity contribution in [2.45, 2.75) is 29.7 Å². The highest BCUT2D eigenvalue weighted by Gasteiger charge is 2.23. The molecule has 0 atom stereocenters. The Morgan fingerprint density at radius 1 is 1.00 bits per heavy atom. The Bertz CT molecular complexity index is 1700. The number of hydrogen-bond donors (Lipinski definition) is 5. The van der Waals surface area contributed by atoms with Crippen LogP contribution >= 0.6 is 0 Å². The molecule has 7 N–H and O–H groups in total. The highest BCUT2D eigenvalue weighted by molar-refractivity contribution is 7.86. The van der Waals surface area contributed by atoms with E-state index in [2.05, 4.69) is 10.2 Å². The normalized spacial score (nSPS) is 12.2. The largest absolute Gasteiger partial charge is 0.494 e. The maximum Gasteiger partial charge on any atom is 0.296 e. The molecular weight excluding hydrogens is 530 g/mol. The lowest BCUT2D eigenvalue weighted by Gasteiger charge is -2.15. The van der Waals surface area contributed by atoms with Gasteiger partial charge < -0.3 is 16.6 Å². The number of aryl methyl sites for hydroxylation is 1. The summed E-state index contributed by atoms with van der Waals surface area (Å²) in [6, 6.07) is 8.34. The van der Waals surface area contributed by atoms with Crippen molar-refractivity contribution in [3.05, 3.63) is 69.5 Å². The van der Waals surface area contributed by atoms with E-state index in [1.807, 2.05) is 0 Å². The molecule has 14 nitrogen and oxygen atoms in total. The lowest BCUT2D eigenvalue weighted by atomic mass is 10.1. The van der Waals surface area contributed by atoms with Crippen molar-refractivity contribution in [2.75, 3.05) is 5.73 Å². The number of nitrogens with two attached hydrogens (primary N) is 2. The van der Waals surface area contributed by atoms with E-state index in [4.69, 9.17) is 16.0 Å². The zero-order chi connectivity index (χ0) is 27.7. The average molecular weight is 552 g/mol.